The van der Waals surface area contributed by atoms with Crippen LogP contribution in [-0.2, 0) is 0 Å². The number of carbonyl (C=O) groups excluding carboxylic acids is 1. The third-order valence-corrected chi connectivity index (χ3v) is 8.04. The van der Waals surface area contributed by atoms with Gasteiger partial charge in [0, 0.05) is 42.8 Å². The van der Waals surface area contributed by atoms with E-state index < -0.39 is 11.2 Å². The topological polar surface area (TPSA) is 142 Å². The van der Waals surface area contributed by atoms with Gasteiger partial charge < -0.3 is 20.8 Å². The van der Waals surface area contributed by atoms with E-state index in [1.807, 2.05) is 24.3 Å². The predicted molar refractivity (Wildman–Crippen MR) is 185 cm³/mol. The molecule has 0 radical (unpaired) electrons. The first-order valence-corrected chi connectivity index (χ1v) is 16.3. The minimum Gasteiger partial charge on any atom is -0.389 e. The van der Waals surface area contributed by atoms with E-state index in [-0.39, 0.29) is 5.78 Å². The smallest absolute Gasteiger partial charge is 0.178 e. The van der Waals surface area contributed by atoms with Crippen molar-refractivity contribution in [3.05, 3.63) is 68.4 Å². The van der Waals surface area contributed by atoms with Gasteiger partial charge in [0.15, 0.2) is 27.4 Å². The molecule has 0 unspecified atom stereocenters. The summed E-state index contributed by atoms with van der Waals surface area (Å²) in [6, 6.07) is 10.9. The fourth-order valence-electron chi connectivity index (χ4n) is 4.46. The molecule has 45 heavy (non-hydrogen) atoms. The van der Waals surface area contributed by atoms with Gasteiger partial charge in [-0.3, -0.25) is 4.79 Å². The van der Waals surface area contributed by atoms with E-state index in [9.17, 15) is 15.0 Å². The summed E-state index contributed by atoms with van der Waals surface area (Å²) in [5.74, 6) is 0.776. The van der Waals surface area contributed by atoms with Gasteiger partial charge in [0.25, 0.3) is 0 Å². The lowest BCUT2D eigenvalue weighted by atomic mass is 10.0. The fourth-order valence-corrected chi connectivity index (χ4v) is 5.30. The van der Waals surface area contributed by atoms with Crippen LogP contribution in [0.3, 0.4) is 0 Å². The first-order valence-electron chi connectivity index (χ1n) is 14.5. The third kappa shape index (κ3) is 8.82. The molecule has 0 atom stereocenters. The molecule has 1 aliphatic carbocycles. The summed E-state index contributed by atoms with van der Waals surface area (Å²) in [7, 11) is 0. The average molecular weight is 765 g/mol. The Bertz CT molecular complexity index is 1820. The van der Waals surface area contributed by atoms with Crippen LogP contribution in [0, 0.1) is 9.62 Å². The Kier molecular flexibility index (Phi) is 9.90. The van der Waals surface area contributed by atoms with Crippen molar-refractivity contribution >= 4 is 74.2 Å². The Morgan fingerprint density at radius 1 is 0.889 bits per heavy atom. The first-order chi connectivity index (χ1) is 21.2. The van der Waals surface area contributed by atoms with Gasteiger partial charge in [-0.15, -0.1) is 0 Å². The first kappa shape index (κ1) is 33.3. The standard InChI is InChI=1S/C21H23ClN4O2.C10H12ClIN4O/c1-21(2,28)12-24-16-10-19(22)25-26-17(11-23-20(16)26)14-5-7-15(8-6-14)18(27)9-13-3-4-13;1-10(2,17)5-14-6-3-7(11)15-16-8(12)4-13-9(6)16/h5-8,10-11,13,24,28H,3-4,9,12H2,1-2H3;3-4,14,17H,5H2,1-2H3. The third-order valence-electron chi connectivity index (χ3n) is 6.93. The highest BCUT2D eigenvalue weighted by molar-refractivity contribution is 14.1. The van der Waals surface area contributed by atoms with Crippen LogP contribution in [0.25, 0.3) is 22.6 Å². The summed E-state index contributed by atoms with van der Waals surface area (Å²) in [4.78, 5) is 21.0. The highest BCUT2D eigenvalue weighted by Gasteiger charge is 2.25. The van der Waals surface area contributed by atoms with Crippen LogP contribution in [0.2, 0.25) is 10.3 Å². The van der Waals surface area contributed by atoms with E-state index in [4.69, 9.17) is 23.2 Å². The number of carbonyl (C=O) groups is 1. The summed E-state index contributed by atoms with van der Waals surface area (Å²) in [5, 5.41) is 35.2. The van der Waals surface area contributed by atoms with E-state index in [2.05, 4.69) is 53.4 Å². The number of aromatic nitrogens is 6. The molecule has 0 amide bonds. The number of nitrogens with zero attached hydrogens (tertiary/aromatic N) is 6. The van der Waals surface area contributed by atoms with Gasteiger partial charge in [-0.05, 0) is 69.0 Å². The van der Waals surface area contributed by atoms with Crippen LogP contribution >= 0.6 is 45.8 Å². The largest absolute Gasteiger partial charge is 0.389 e. The number of halogens is 3. The van der Waals surface area contributed by atoms with Crippen molar-refractivity contribution in [2.75, 3.05) is 23.7 Å². The number of fused-ring (bicyclic) bond motifs is 2. The average Bonchev–Trinajstić information content (AvgIpc) is 3.56. The number of hydrogen-bond donors (Lipinski definition) is 4. The lowest BCUT2D eigenvalue weighted by Crippen LogP contribution is -2.29. The molecular formula is C31H35Cl2IN8O3. The second-order valence-corrected chi connectivity index (χ2v) is 14.3. The molecule has 4 N–H and O–H groups in total. The number of ketones is 1. The van der Waals surface area contributed by atoms with Gasteiger partial charge in [-0.25, -0.2) is 19.0 Å². The highest BCUT2D eigenvalue weighted by atomic mass is 127. The zero-order valence-electron chi connectivity index (χ0n) is 25.4. The monoisotopic (exact) mass is 764 g/mol. The second-order valence-electron chi connectivity index (χ2n) is 12.4. The quantitative estimate of drug-likeness (QED) is 0.0941. The van der Waals surface area contributed by atoms with Crippen LogP contribution < -0.4 is 10.6 Å². The fraction of sp³-hybridized carbons (Fsp3) is 0.387. The van der Waals surface area contributed by atoms with Crippen LogP contribution in [0.15, 0.2) is 48.8 Å². The summed E-state index contributed by atoms with van der Waals surface area (Å²) in [5.41, 5.74) is 3.53. The Morgan fingerprint density at radius 2 is 1.40 bits per heavy atom. The van der Waals surface area contributed by atoms with Crippen LogP contribution in [0.5, 0.6) is 0 Å². The van der Waals surface area contributed by atoms with Crippen molar-refractivity contribution in [3.8, 4) is 11.3 Å². The molecule has 14 heteroatoms. The molecule has 1 aromatic carbocycles. The number of hydrogen-bond acceptors (Lipinski definition) is 9. The molecule has 0 saturated heterocycles. The maximum Gasteiger partial charge on any atom is 0.178 e. The number of aliphatic hydroxyl groups is 2. The number of anilines is 2. The van der Waals surface area contributed by atoms with Crippen LogP contribution in [0.1, 0.15) is 57.3 Å². The molecule has 1 saturated carbocycles. The lowest BCUT2D eigenvalue weighted by Gasteiger charge is -2.18. The molecule has 0 bridgehead atoms. The number of imidazole rings is 2. The number of benzene rings is 1. The van der Waals surface area contributed by atoms with Crippen molar-refractivity contribution in [2.45, 2.75) is 58.2 Å². The molecule has 11 nitrogen and oxygen atoms in total. The SMILES string of the molecule is CC(C)(O)CNc1cc(Cl)nn2c(-c3ccc(C(=O)CC4CC4)cc3)cnc12.CC(C)(O)CNc1cc(Cl)nn2c(I)cnc12. The van der Waals surface area contributed by atoms with Crippen LogP contribution in [-0.4, -0.2) is 69.5 Å². The van der Waals surface area contributed by atoms with Crippen LogP contribution in [0.4, 0.5) is 11.4 Å². The molecule has 4 aromatic heterocycles. The number of nitrogens with one attached hydrogen (secondary N) is 2. The van der Waals surface area contributed by atoms with Crippen molar-refractivity contribution in [3.63, 3.8) is 0 Å². The predicted octanol–water partition coefficient (Wildman–Crippen LogP) is 6.39. The zero-order valence-corrected chi connectivity index (χ0v) is 29.0. The highest BCUT2D eigenvalue weighted by Crippen LogP contribution is 2.34. The molecule has 238 valence electrons. The van der Waals surface area contributed by atoms with Gasteiger partial charge in [0.05, 0.1) is 40.7 Å². The normalized spacial score (nSPS) is 13.5. The number of rotatable bonds is 10. The Hall–Kier alpha value is -3.04. The van der Waals surface area contributed by atoms with Crippen molar-refractivity contribution in [1.82, 2.24) is 29.2 Å². The van der Waals surface area contributed by atoms with Gasteiger partial charge in [0.2, 0.25) is 0 Å². The van der Waals surface area contributed by atoms with E-state index in [0.717, 1.165) is 26.2 Å². The molecule has 1 aliphatic rings. The second kappa shape index (κ2) is 13.4. The molecule has 4 heterocycles. The van der Waals surface area contributed by atoms with Crippen molar-refractivity contribution in [1.29, 1.82) is 0 Å². The lowest BCUT2D eigenvalue weighted by molar-refractivity contribution is 0.0939. The minimum absolute atomic E-state index is 0.200. The van der Waals surface area contributed by atoms with Gasteiger partial charge in [0.1, 0.15) is 3.70 Å². The minimum atomic E-state index is -0.870. The van der Waals surface area contributed by atoms with E-state index in [1.54, 1.807) is 61.3 Å². The molecule has 1 fully saturated rings. The molecule has 0 spiro atoms. The van der Waals surface area contributed by atoms with Gasteiger partial charge in [-0.1, -0.05) is 47.5 Å². The molecule has 0 aliphatic heterocycles. The van der Waals surface area contributed by atoms with Crippen molar-refractivity contribution in [2.24, 2.45) is 5.92 Å². The summed E-state index contributed by atoms with van der Waals surface area (Å²) >= 11 is 14.3. The Labute approximate surface area is 284 Å². The number of Topliss-reactive ketones (excluding diaryl/α,β-unsaturated/α-hetero) is 1. The summed E-state index contributed by atoms with van der Waals surface area (Å²) in [6.45, 7) is 7.67. The van der Waals surface area contributed by atoms with Crippen molar-refractivity contribution < 1.29 is 15.0 Å². The van der Waals surface area contributed by atoms with E-state index >= 15 is 0 Å². The summed E-state index contributed by atoms with van der Waals surface area (Å²) in [6.07, 6.45) is 6.43. The van der Waals surface area contributed by atoms with E-state index in [0.29, 0.717) is 52.7 Å². The Balaban J connectivity index is 0.000000201. The van der Waals surface area contributed by atoms with Gasteiger partial charge in [-0.2, -0.15) is 10.2 Å². The maximum absolute atomic E-state index is 12.3. The molecular weight excluding hydrogens is 730 g/mol. The molecule has 5 aromatic rings. The zero-order chi connectivity index (χ0) is 32.5. The van der Waals surface area contributed by atoms with Gasteiger partial charge >= 0.3 is 0 Å². The van der Waals surface area contributed by atoms with E-state index in [1.165, 1.54) is 12.8 Å². The summed E-state index contributed by atoms with van der Waals surface area (Å²) < 4.78 is 4.22. The maximum atomic E-state index is 12.3. The Morgan fingerprint density at radius 3 is 1.93 bits per heavy atom. The molecule has 6 rings (SSSR count).